The Hall–Kier alpha value is 0.306. The largest absolute Gasteiger partial charge is 0.715 e. The van der Waals surface area contributed by atoms with Crippen molar-refractivity contribution in [2.75, 3.05) is 0 Å². The number of rotatable bonds is 2. The summed E-state index contributed by atoms with van der Waals surface area (Å²) in [5.41, 5.74) is 0. The summed E-state index contributed by atoms with van der Waals surface area (Å²) in [6.45, 7) is 1.25. The standard InChI is InChI=1S/2CHO3.8H2O.2Zr/c2*2-1-4-3;;;;;;;;;;/h2*3H;8*1H2;;/q2*-1;;;;;;;;;;/p-2. The molecule has 16 heteroatoms. The SMILES string of the molecule is O.O.O.O.O.O.O.O.O=[C-]O[O-].O=[C-]O[O-].[Zr].[Zr]. The maximum absolute atomic E-state index is 8.51. The minimum atomic E-state index is 0. The normalized spacial score (nSPS) is 2.33. The summed E-state index contributed by atoms with van der Waals surface area (Å²) in [5.74, 6) is 0. The van der Waals surface area contributed by atoms with Crippen LogP contribution in [0.3, 0.4) is 0 Å². The van der Waals surface area contributed by atoms with Gasteiger partial charge in [-0.15, -0.1) is 0 Å². The maximum atomic E-state index is 8.51. The Morgan fingerprint density at radius 3 is 0.611 bits per heavy atom. The first kappa shape index (κ1) is 138. The van der Waals surface area contributed by atoms with Gasteiger partial charge >= 0.3 is 0 Å². The van der Waals surface area contributed by atoms with Gasteiger partial charge in [0.1, 0.15) is 0 Å². The average molecular weight is 447 g/mol. The van der Waals surface area contributed by atoms with E-state index < -0.39 is 0 Å². The molecule has 0 aromatic heterocycles. The van der Waals surface area contributed by atoms with Gasteiger partial charge in [-0.2, -0.15) is 0 Å². The van der Waals surface area contributed by atoms with E-state index in [1.165, 1.54) is 0 Å². The monoisotopic (exact) mass is 444 g/mol. The first-order valence-electron chi connectivity index (χ1n) is 1.15. The molecule has 0 saturated carbocycles. The molecule has 0 spiro atoms. The third-order valence-electron chi connectivity index (χ3n) is 0.0680. The van der Waals surface area contributed by atoms with E-state index in [9.17, 15) is 0 Å². The van der Waals surface area contributed by atoms with Crippen LogP contribution in [-0.4, -0.2) is 56.8 Å². The summed E-state index contributed by atoms with van der Waals surface area (Å²) >= 11 is 0. The second-order valence-electron chi connectivity index (χ2n) is 0.333. The van der Waals surface area contributed by atoms with Gasteiger partial charge in [0.2, 0.25) is 0 Å². The second-order valence-corrected chi connectivity index (χ2v) is 0.333. The van der Waals surface area contributed by atoms with E-state index >= 15 is 0 Å². The van der Waals surface area contributed by atoms with Gasteiger partial charge in [0.05, 0.1) is 0 Å². The predicted molar refractivity (Wildman–Crippen MR) is 42.5 cm³/mol. The van der Waals surface area contributed by atoms with Crippen molar-refractivity contribution in [1.82, 2.24) is 0 Å². The first-order valence-corrected chi connectivity index (χ1v) is 1.15. The molecule has 0 aliphatic rings. The van der Waals surface area contributed by atoms with Gasteiger partial charge in [-0.1, -0.05) is 12.9 Å². The van der Waals surface area contributed by atoms with Gasteiger partial charge in [-0.3, -0.25) is 0 Å². The van der Waals surface area contributed by atoms with E-state index in [1.54, 1.807) is 0 Å². The van der Waals surface area contributed by atoms with Crippen LogP contribution in [0.15, 0.2) is 0 Å². The summed E-state index contributed by atoms with van der Waals surface area (Å²) in [4.78, 5) is 22.0. The zero-order valence-electron chi connectivity index (χ0n) is 8.45. The van der Waals surface area contributed by atoms with Crippen LogP contribution in [0.1, 0.15) is 0 Å². The molecule has 0 atom stereocenters. The van der Waals surface area contributed by atoms with E-state index in [2.05, 4.69) is 9.78 Å². The quantitative estimate of drug-likeness (QED) is 0.224. The Morgan fingerprint density at radius 1 is 0.556 bits per heavy atom. The van der Waals surface area contributed by atoms with Crippen LogP contribution >= 0.6 is 0 Å². The molecule has 0 rings (SSSR count). The van der Waals surface area contributed by atoms with Crippen LogP contribution in [0.25, 0.3) is 0 Å². The summed E-state index contributed by atoms with van der Waals surface area (Å²) in [5, 5.41) is 16.8. The Balaban J connectivity index is -0.00000000257. The number of carbonyl (C=O) groups excluding carboxylic acids is 2. The van der Waals surface area contributed by atoms with Crippen molar-refractivity contribution in [2.24, 2.45) is 0 Å². The van der Waals surface area contributed by atoms with Gasteiger partial charge in [0, 0.05) is 52.4 Å². The van der Waals surface area contributed by atoms with Crippen LogP contribution in [0.5, 0.6) is 0 Å². The zero-order valence-corrected chi connectivity index (χ0v) is 13.4. The van der Waals surface area contributed by atoms with Crippen LogP contribution in [0.2, 0.25) is 0 Å². The molecule has 0 bridgehead atoms. The molecule has 0 aliphatic heterocycles. The molecule has 14 nitrogen and oxygen atoms in total. The molecule has 18 heavy (non-hydrogen) atoms. The average Bonchev–Trinajstić information content (AvgIpc) is 1.88. The van der Waals surface area contributed by atoms with E-state index in [1.807, 2.05) is 0 Å². The van der Waals surface area contributed by atoms with Crippen LogP contribution in [-0.2, 0) is 71.8 Å². The third kappa shape index (κ3) is 718. The Bertz CT molecular complexity index is 53.8. The Labute approximate surface area is 138 Å². The van der Waals surface area contributed by atoms with Crippen molar-refractivity contribution < 1.29 is 126 Å². The minimum absolute atomic E-state index is 0. The van der Waals surface area contributed by atoms with Crippen LogP contribution < -0.4 is 10.5 Å². The summed E-state index contributed by atoms with van der Waals surface area (Å²) in [7, 11) is 0. The molecule has 0 heterocycles. The van der Waals surface area contributed by atoms with E-state index in [0.717, 1.165) is 0 Å². The molecule has 0 fully saturated rings. The fourth-order valence-corrected chi connectivity index (χ4v) is 0. The Morgan fingerprint density at radius 2 is 0.611 bits per heavy atom. The van der Waals surface area contributed by atoms with Gasteiger partial charge in [-0.25, -0.2) is 0 Å². The fourth-order valence-electron chi connectivity index (χ4n) is 0. The maximum Gasteiger partial charge on any atom is 0 e. The molecule has 0 amide bonds. The minimum Gasteiger partial charge on any atom is -0.715 e. The van der Waals surface area contributed by atoms with Crippen LogP contribution in [0, 0.1) is 0 Å². The smallest absolute Gasteiger partial charge is 0 e. The summed E-state index contributed by atoms with van der Waals surface area (Å²) in [6.07, 6.45) is 0. The van der Waals surface area contributed by atoms with E-state index in [4.69, 9.17) is 20.1 Å². The fraction of sp³-hybridized carbons (Fsp3) is 0. The molecule has 0 aromatic rings. The molecule has 0 radical (unpaired) electrons. The van der Waals surface area contributed by atoms with E-state index in [0.29, 0.717) is 12.9 Å². The third-order valence-corrected chi connectivity index (χ3v) is 0.0680. The first-order chi connectivity index (χ1) is 3.83. The molecular weight excluding hydrogens is 430 g/mol. The van der Waals surface area contributed by atoms with Crippen molar-refractivity contribution in [3.05, 3.63) is 0 Å². The predicted octanol–water partition coefficient (Wildman–Crippen LogP) is -9.91. The van der Waals surface area contributed by atoms with Gasteiger partial charge in [0.25, 0.3) is 0 Å². The van der Waals surface area contributed by atoms with E-state index in [-0.39, 0.29) is 96.2 Å². The van der Waals surface area contributed by atoms with Crippen molar-refractivity contribution in [1.29, 1.82) is 0 Å². The van der Waals surface area contributed by atoms with Crippen molar-refractivity contribution >= 4 is 12.9 Å². The molecule has 0 saturated heterocycles. The molecule has 16 N–H and O–H groups in total. The second kappa shape index (κ2) is 248. The van der Waals surface area contributed by atoms with Gasteiger partial charge in [0.15, 0.2) is 0 Å². The van der Waals surface area contributed by atoms with Crippen LogP contribution in [0.4, 0.5) is 0 Å². The van der Waals surface area contributed by atoms with Crippen molar-refractivity contribution in [2.45, 2.75) is 0 Å². The summed E-state index contributed by atoms with van der Waals surface area (Å²) in [6, 6.07) is 0. The number of hydrogen-bond acceptors (Lipinski definition) is 6. The molecular formula is C2H16O14Zr2-4. The Kier molecular flexibility index (Phi) is 1900. The number of hydrogen-bond donors (Lipinski definition) is 0. The topological polar surface area (TPSA) is 351 Å². The zero-order chi connectivity index (χ0) is 6.83. The van der Waals surface area contributed by atoms with Gasteiger partial charge < -0.3 is 73.7 Å². The van der Waals surface area contributed by atoms with Crippen molar-refractivity contribution in [3.8, 4) is 0 Å². The molecule has 0 aliphatic carbocycles. The molecule has 0 unspecified atom stereocenters. The summed E-state index contributed by atoms with van der Waals surface area (Å²) < 4.78 is 0. The molecule has 120 valence electrons. The molecule has 0 aromatic carbocycles. The van der Waals surface area contributed by atoms with Crippen molar-refractivity contribution in [3.63, 3.8) is 0 Å². The van der Waals surface area contributed by atoms with Gasteiger partial charge in [-0.05, 0) is 0 Å².